The highest BCUT2D eigenvalue weighted by Gasteiger charge is 2.29. The van der Waals surface area contributed by atoms with Gasteiger partial charge in [0.05, 0.1) is 23.9 Å². The molecular formula is C20H17ClN2O3. The number of methoxy groups -OCH3 is 1. The first-order chi connectivity index (χ1) is 12.5. The van der Waals surface area contributed by atoms with Gasteiger partial charge in [-0.15, -0.1) is 0 Å². The number of aromatic nitrogens is 2. The van der Waals surface area contributed by atoms with Crippen LogP contribution in [0.25, 0.3) is 16.9 Å². The lowest BCUT2D eigenvalue weighted by molar-refractivity contribution is -0.137. The van der Waals surface area contributed by atoms with Gasteiger partial charge in [0.1, 0.15) is 17.0 Å². The molecule has 0 aliphatic carbocycles. The van der Waals surface area contributed by atoms with E-state index >= 15 is 0 Å². The normalized spacial score (nSPS) is 11.8. The summed E-state index contributed by atoms with van der Waals surface area (Å²) in [5.74, 6) is -0.708. The smallest absolute Gasteiger partial charge is 0.336 e. The lowest BCUT2D eigenvalue weighted by Gasteiger charge is -2.13. The summed E-state index contributed by atoms with van der Waals surface area (Å²) in [7, 11) is 1.23. The number of rotatable bonds is 5. The molecule has 132 valence electrons. The zero-order chi connectivity index (χ0) is 18.7. The summed E-state index contributed by atoms with van der Waals surface area (Å²) >= 11 is 6.55. The summed E-state index contributed by atoms with van der Waals surface area (Å²) in [6, 6.07) is 18.6. The maximum absolute atomic E-state index is 11.8. The quantitative estimate of drug-likeness (QED) is 0.547. The first kappa shape index (κ1) is 17.9. The monoisotopic (exact) mass is 368 g/mol. The molecule has 0 spiro atoms. The van der Waals surface area contributed by atoms with E-state index in [-0.39, 0.29) is 10.7 Å². The van der Waals surface area contributed by atoms with Gasteiger partial charge in [-0.25, -0.2) is 9.48 Å². The average Bonchev–Trinajstić information content (AvgIpc) is 3.04. The van der Waals surface area contributed by atoms with E-state index in [1.807, 2.05) is 60.7 Å². The van der Waals surface area contributed by atoms with Gasteiger partial charge >= 0.3 is 5.97 Å². The van der Waals surface area contributed by atoms with Crippen LogP contribution >= 0.6 is 11.6 Å². The van der Waals surface area contributed by atoms with Crippen molar-refractivity contribution in [1.82, 2.24) is 9.78 Å². The molecule has 3 aromatic rings. The number of aliphatic hydroxyl groups is 1. The van der Waals surface area contributed by atoms with Crippen LogP contribution in [0.4, 0.5) is 0 Å². The minimum atomic E-state index is -1.34. The zero-order valence-electron chi connectivity index (χ0n) is 14.1. The van der Waals surface area contributed by atoms with Crippen molar-refractivity contribution >= 4 is 17.6 Å². The molecule has 1 heterocycles. The Bertz CT molecular complexity index is 936. The molecule has 0 amide bonds. The van der Waals surface area contributed by atoms with E-state index < -0.39 is 12.1 Å². The molecule has 5 nitrogen and oxygen atoms in total. The lowest BCUT2D eigenvalue weighted by Crippen LogP contribution is -2.12. The molecule has 0 fully saturated rings. The Morgan fingerprint density at radius 1 is 1.15 bits per heavy atom. The van der Waals surface area contributed by atoms with Gasteiger partial charge in [-0.2, -0.15) is 5.10 Å². The number of hydrogen-bond acceptors (Lipinski definition) is 4. The summed E-state index contributed by atoms with van der Waals surface area (Å²) in [6.45, 7) is 3.64. The van der Waals surface area contributed by atoms with E-state index in [2.05, 4.69) is 16.4 Å². The number of carbonyl (C=O) groups excluding carboxylic acids is 1. The fraction of sp³-hybridized carbons (Fsp3) is 0.100. The first-order valence-corrected chi connectivity index (χ1v) is 8.26. The summed E-state index contributed by atoms with van der Waals surface area (Å²) in [5.41, 5.74) is 2.15. The van der Waals surface area contributed by atoms with E-state index in [4.69, 9.17) is 11.6 Å². The number of halogens is 1. The van der Waals surface area contributed by atoms with Gasteiger partial charge in [0.15, 0.2) is 0 Å². The Labute approximate surface area is 156 Å². The Kier molecular flexibility index (Phi) is 5.21. The number of ether oxygens (including phenoxy) is 1. The van der Waals surface area contributed by atoms with Crippen molar-refractivity contribution in [1.29, 1.82) is 0 Å². The zero-order valence-corrected chi connectivity index (χ0v) is 14.8. The van der Waals surface area contributed by atoms with Crippen LogP contribution in [0, 0.1) is 0 Å². The van der Waals surface area contributed by atoms with Crippen LogP contribution in [0.3, 0.4) is 0 Å². The van der Waals surface area contributed by atoms with Gasteiger partial charge in [0.2, 0.25) is 0 Å². The molecule has 1 atom stereocenters. The van der Waals surface area contributed by atoms with Gasteiger partial charge in [0, 0.05) is 5.56 Å². The van der Waals surface area contributed by atoms with E-state index in [9.17, 15) is 9.90 Å². The Morgan fingerprint density at radius 3 is 2.31 bits per heavy atom. The third-order valence-corrected chi connectivity index (χ3v) is 4.33. The van der Waals surface area contributed by atoms with Crippen LogP contribution < -0.4 is 0 Å². The molecule has 2 aromatic carbocycles. The van der Waals surface area contributed by atoms with E-state index in [1.54, 1.807) is 0 Å². The van der Waals surface area contributed by atoms with Gasteiger partial charge in [0.25, 0.3) is 0 Å². The molecule has 1 N–H and O–H groups in total. The van der Waals surface area contributed by atoms with Gasteiger partial charge < -0.3 is 9.84 Å². The van der Waals surface area contributed by atoms with Crippen molar-refractivity contribution in [3.8, 4) is 16.9 Å². The van der Waals surface area contributed by atoms with Crippen LogP contribution in [0.5, 0.6) is 0 Å². The van der Waals surface area contributed by atoms with Gasteiger partial charge in [-0.1, -0.05) is 66.7 Å². The largest absolute Gasteiger partial charge is 0.466 e. The van der Waals surface area contributed by atoms with E-state index in [0.717, 1.165) is 11.3 Å². The molecule has 0 aliphatic rings. The number of aliphatic hydroxyl groups excluding tert-OH is 1. The Balaban J connectivity index is 2.19. The SMILES string of the molecule is C=C(C(=O)OC)C(O)c1c(-c2ccccc2)nn(-c2ccccc2)c1Cl. The molecule has 1 unspecified atom stereocenters. The first-order valence-electron chi connectivity index (χ1n) is 7.89. The number of esters is 1. The fourth-order valence-electron chi connectivity index (χ4n) is 2.62. The molecule has 0 saturated heterocycles. The van der Waals surface area contributed by atoms with Crippen LogP contribution in [0.15, 0.2) is 72.8 Å². The minimum Gasteiger partial charge on any atom is -0.466 e. The summed E-state index contributed by atoms with van der Waals surface area (Å²) in [5, 5.41) is 15.5. The second kappa shape index (κ2) is 7.56. The predicted molar refractivity (Wildman–Crippen MR) is 100 cm³/mol. The van der Waals surface area contributed by atoms with E-state index in [1.165, 1.54) is 11.8 Å². The van der Waals surface area contributed by atoms with Crippen molar-refractivity contribution in [2.24, 2.45) is 0 Å². The number of hydrogen-bond donors (Lipinski definition) is 1. The highest BCUT2D eigenvalue weighted by atomic mass is 35.5. The van der Waals surface area contributed by atoms with Crippen molar-refractivity contribution in [3.05, 3.63) is 83.5 Å². The minimum absolute atomic E-state index is 0.112. The standard InChI is InChI=1S/C20H17ClN2O3/c1-13(20(25)26-2)18(24)16-17(14-9-5-3-6-10-14)22-23(19(16)21)15-11-7-4-8-12-15/h3-12,18,24H,1H2,2H3. The molecule has 3 rings (SSSR count). The highest BCUT2D eigenvalue weighted by molar-refractivity contribution is 6.31. The maximum atomic E-state index is 11.8. The molecule has 0 bridgehead atoms. The number of benzene rings is 2. The van der Waals surface area contributed by atoms with Gasteiger partial charge in [-0.05, 0) is 12.1 Å². The molecule has 0 aliphatic heterocycles. The fourth-order valence-corrected chi connectivity index (χ4v) is 2.95. The van der Waals surface area contributed by atoms with Crippen molar-refractivity contribution in [2.75, 3.05) is 7.11 Å². The van der Waals surface area contributed by atoms with Crippen molar-refractivity contribution in [2.45, 2.75) is 6.10 Å². The van der Waals surface area contributed by atoms with Crippen LogP contribution in [0.1, 0.15) is 11.7 Å². The number of para-hydroxylation sites is 1. The molecule has 0 radical (unpaired) electrons. The Hall–Kier alpha value is -2.89. The predicted octanol–water partition coefficient (Wildman–Crippen LogP) is 3.96. The molecule has 6 heteroatoms. The topological polar surface area (TPSA) is 64.3 Å². The van der Waals surface area contributed by atoms with Crippen LogP contribution in [-0.4, -0.2) is 28.0 Å². The van der Waals surface area contributed by atoms with E-state index in [0.29, 0.717) is 11.3 Å². The molecular weight excluding hydrogens is 352 g/mol. The lowest BCUT2D eigenvalue weighted by atomic mass is 9.99. The van der Waals surface area contributed by atoms with Crippen LogP contribution in [-0.2, 0) is 9.53 Å². The summed E-state index contributed by atoms with van der Waals surface area (Å²) in [6.07, 6.45) is -1.34. The van der Waals surface area contributed by atoms with Crippen molar-refractivity contribution in [3.63, 3.8) is 0 Å². The summed E-state index contributed by atoms with van der Waals surface area (Å²) < 4.78 is 6.18. The highest BCUT2D eigenvalue weighted by Crippen LogP contribution is 2.37. The van der Waals surface area contributed by atoms with Gasteiger partial charge in [-0.3, -0.25) is 0 Å². The Morgan fingerprint density at radius 2 is 1.73 bits per heavy atom. The average molecular weight is 369 g/mol. The molecule has 1 aromatic heterocycles. The second-order valence-corrected chi connectivity index (χ2v) is 5.94. The second-order valence-electron chi connectivity index (χ2n) is 5.59. The van der Waals surface area contributed by atoms with Crippen molar-refractivity contribution < 1.29 is 14.6 Å². The third-order valence-electron chi connectivity index (χ3n) is 3.96. The molecule has 0 saturated carbocycles. The van der Waals surface area contributed by atoms with Crippen LogP contribution in [0.2, 0.25) is 5.15 Å². The summed E-state index contributed by atoms with van der Waals surface area (Å²) in [4.78, 5) is 11.8. The molecule has 26 heavy (non-hydrogen) atoms. The number of nitrogens with zero attached hydrogens (tertiary/aromatic N) is 2. The third kappa shape index (κ3) is 3.27. The maximum Gasteiger partial charge on any atom is 0.336 e. The number of carbonyl (C=O) groups is 1.